The summed E-state index contributed by atoms with van der Waals surface area (Å²) in [6, 6.07) is 0. The lowest BCUT2D eigenvalue weighted by Crippen LogP contribution is -2.27. The number of carbonyl (C=O) groups is 1. The lowest BCUT2D eigenvalue weighted by molar-refractivity contribution is -0.153. The van der Waals surface area contributed by atoms with Crippen molar-refractivity contribution in [2.24, 2.45) is 0 Å². The van der Waals surface area contributed by atoms with E-state index in [-0.39, 0.29) is 6.10 Å². The van der Waals surface area contributed by atoms with Crippen LogP contribution in [0, 0.1) is 0 Å². The molecule has 0 radical (unpaired) electrons. The molecule has 66 valence electrons. The second-order valence-electron chi connectivity index (χ2n) is 2.38. The smallest absolute Gasteiger partial charge is 0.332 e. The Hall–Kier alpha value is -0.610. The number of aliphatic carboxylic acids is 1. The number of carboxylic acid groups (broad SMARTS) is 1. The zero-order valence-electron chi connectivity index (χ0n) is 7.03. The van der Waals surface area contributed by atoms with Crippen LogP contribution in [0.25, 0.3) is 0 Å². The molecule has 4 nitrogen and oxygen atoms in total. The van der Waals surface area contributed by atoms with Gasteiger partial charge in [-0.1, -0.05) is 0 Å². The van der Waals surface area contributed by atoms with Crippen LogP contribution >= 0.6 is 0 Å². The number of hydrogen-bond acceptors (Lipinski definition) is 3. The van der Waals surface area contributed by atoms with Crippen LogP contribution in [0.1, 0.15) is 13.8 Å². The van der Waals surface area contributed by atoms with Crippen molar-refractivity contribution in [1.29, 1.82) is 0 Å². The molecule has 0 spiro atoms. The quantitative estimate of drug-likeness (QED) is 0.640. The molecule has 0 saturated carbocycles. The lowest BCUT2D eigenvalue weighted by atomic mass is 10.4. The molecule has 11 heavy (non-hydrogen) atoms. The Morgan fingerprint density at radius 3 is 2.45 bits per heavy atom. The molecule has 0 aliphatic rings. The standard InChI is InChI=1S/C7H14O4/c1-5(4-10-3)11-6(2)7(8)9/h5-6H,4H2,1-3H3,(H,8,9)/t5?,6-/m1/s1. The zero-order valence-corrected chi connectivity index (χ0v) is 7.03. The third-order valence-corrected chi connectivity index (χ3v) is 1.19. The van der Waals surface area contributed by atoms with Crippen molar-refractivity contribution in [3.8, 4) is 0 Å². The van der Waals surface area contributed by atoms with Crippen molar-refractivity contribution in [2.45, 2.75) is 26.1 Å². The maximum absolute atomic E-state index is 10.3. The Labute approximate surface area is 66.1 Å². The van der Waals surface area contributed by atoms with Crippen molar-refractivity contribution >= 4 is 5.97 Å². The van der Waals surface area contributed by atoms with Crippen molar-refractivity contribution in [1.82, 2.24) is 0 Å². The van der Waals surface area contributed by atoms with E-state index < -0.39 is 12.1 Å². The summed E-state index contributed by atoms with van der Waals surface area (Å²) < 4.78 is 9.79. The fourth-order valence-corrected chi connectivity index (χ4v) is 0.681. The van der Waals surface area contributed by atoms with Crippen molar-refractivity contribution in [3.63, 3.8) is 0 Å². The van der Waals surface area contributed by atoms with E-state index in [2.05, 4.69) is 0 Å². The van der Waals surface area contributed by atoms with Gasteiger partial charge in [0, 0.05) is 7.11 Å². The lowest BCUT2D eigenvalue weighted by Gasteiger charge is -2.14. The molecule has 1 unspecified atom stereocenters. The predicted octanol–water partition coefficient (Wildman–Crippen LogP) is 0.511. The Balaban J connectivity index is 3.56. The summed E-state index contributed by atoms with van der Waals surface area (Å²) in [4.78, 5) is 10.3. The van der Waals surface area contributed by atoms with Crippen molar-refractivity contribution in [2.75, 3.05) is 13.7 Å². The van der Waals surface area contributed by atoms with E-state index in [1.165, 1.54) is 6.92 Å². The summed E-state index contributed by atoms with van der Waals surface area (Å²) in [6.07, 6.45) is -0.939. The van der Waals surface area contributed by atoms with Gasteiger partial charge >= 0.3 is 5.97 Å². The molecular weight excluding hydrogens is 148 g/mol. The van der Waals surface area contributed by atoms with Gasteiger partial charge in [0.1, 0.15) is 0 Å². The van der Waals surface area contributed by atoms with Gasteiger partial charge in [-0.3, -0.25) is 0 Å². The van der Waals surface area contributed by atoms with E-state index in [1.807, 2.05) is 0 Å². The molecule has 0 aromatic carbocycles. The molecule has 0 aromatic heterocycles. The van der Waals surface area contributed by atoms with E-state index in [4.69, 9.17) is 14.6 Å². The fourth-order valence-electron chi connectivity index (χ4n) is 0.681. The second-order valence-corrected chi connectivity index (χ2v) is 2.38. The molecule has 0 fully saturated rings. The molecule has 1 N–H and O–H groups in total. The molecule has 0 aliphatic carbocycles. The Bertz CT molecular complexity index is 124. The van der Waals surface area contributed by atoms with Crippen molar-refractivity contribution < 1.29 is 19.4 Å². The van der Waals surface area contributed by atoms with Crippen LogP contribution < -0.4 is 0 Å². The summed E-state index contributed by atoms with van der Waals surface area (Å²) >= 11 is 0. The summed E-state index contributed by atoms with van der Waals surface area (Å²) in [5.41, 5.74) is 0. The molecule has 0 aliphatic heterocycles. The van der Waals surface area contributed by atoms with Gasteiger partial charge in [-0.25, -0.2) is 4.79 Å². The SMILES string of the molecule is COCC(C)O[C@H](C)C(=O)O. The molecule has 0 bridgehead atoms. The molecule has 4 heteroatoms. The van der Waals surface area contributed by atoms with Gasteiger partial charge in [0.25, 0.3) is 0 Å². The monoisotopic (exact) mass is 162 g/mol. The first-order valence-electron chi connectivity index (χ1n) is 3.45. The first-order valence-corrected chi connectivity index (χ1v) is 3.45. The number of ether oxygens (including phenoxy) is 2. The molecule has 0 rings (SSSR count). The van der Waals surface area contributed by atoms with Crippen LogP contribution in [0.3, 0.4) is 0 Å². The van der Waals surface area contributed by atoms with Crippen LogP contribution in [-0.4, -0.2) is 37.0 Å². The highest BCUT2D eigenvalue weighted by Gasteiger charge is 2.14. The number of hydrogen-bond donors (Lipinski definition) is 1. The third kappa shape index (κ3) is 4.75. The third-order valence-electron chi connectivity index (χ3n) is 1.19. The number of rotatable bonds is 5. The highest BCUT2D eigenvalue weighted by molar-refractivity contribution is 5.71. The van der Waals surface area contributed by atoms with Crippen LogP contribution in [0.2, 0.25) is 0 Å². The molecular formula is C7H14O4. The first kappa shape index (κ1) is 10.4. The molecule has 2 atom stereocenters. The van der Waals surface area contributed by atoms with Gasteiger partial charge in [-0.2, -0.15) is 0 Å². The zero-order chi connectivity index (χ0) is 8.85. The van der Waals surface area contributed by atoms with Crippen molar-refractivity contribution in [3.05, 3.63) is 0 Å². The average Bonchev–Trinajstić information content (AvgIpc) is 1.87. The van der Waals surface area contributed by atoms with E-state index >= 15 is 0 Å². The van der Waals surface area contributed by atoms with Gasteiger partial charge < -0.3 is 14.6 Å². The summed E-state index contributed by atoms with van der Waals surface area (Å²) in [5.74, 6) is -0.951. The minimum absolute atomic E-state index is 0.175. The average molecular weight is 162 g/mol. The summed E-state index contributed by atoms with van der Waals surface area (Å²) in [5, 5.41) is 8.43. The minimum Gasteiger partial charge on any atom is -0.479 e. The minimum atomic E-state index is -0.951. The highest BCUT2D eigenvalue weighted by atomic mass is 16.5. The molecule has 0 amide bonds. The van der Waals surface area contributed by atoms with Gasteiger partial charge in [-0.15, -0.1) is 0 Å². The molecule has 0 heterocycles. The highest BCUT2D eigenvalue weighted by Crippen LogP contribution is 1.97. The van der Waals surface area contributed by atoms with Gasteiger partial charge in [0.15, 0.2) is 6.10 Å². The van der Waals surface area contributed by atoms with Gasteiger partial charge in [0.2, 0.25) is 0 Å². The topological polar surface area (TPSA) is 55.8 Å². The van der Waals surface area contributed by atoms with Crippen LogP contribution in [0.5, 0.6) is 0 Å². The molecule has 0 saturated heterocycles. The Kier molecular flexibility index (Phi) is 4.81. The maximum Gasteiger partial charge on any atom is 0.332 e. The molecule has 0 aromatic rings. The van der Waals surface area contributed by atoms with E-state index in [1.54, 1.807) is 14.0 Å². The normalized spacial score (nSPS) is 15.9. The number of methoxy groups -OCH3 is 1. The van der Waals surface area contributed by atoms with E-state index in [9.17, 15) is 4.79 Å². The van der Waals surface area contributed by atoms with Crippen LogP contribution in [0.15, 0.2) is 0 Å². The summed E-state index contributed by atoms with van der Waals surface area (Å²) in [6.45, 7) is 3.68. The second kappa shape index (κ2) is 5.09. The fraction of sp³-hybridized carbons (Fsp3) is 0.857. The van der Waals surface area contributed by atoms with Gasteiger partial charge in [-0.05, 0) is 13.8 Å². The largest absolute Gasteiger partial charge is 0.479 e. The first-order chi connectivity index (χ1) is 5.07. The Morgan fingerprint density at radius 2 is 2.09 bits per heavy atom. The summed E-state index contributed by atoms with van der Waals surface area (Å²) in [7, 11) is 1.55. The van der Waals surface area contributed by atoms with E-state index in [0.29, 0.717) is 6.61 Å². The van der Waals surface area contributed by atoms with Crippen LogP contribution in [-0.2, 0) is 14.3 Å². The predicted molar refractivity (Wildman–Crippen MR) is 39.5 cm³/mol. The number of carboxylic acids is 1. The van der Waals surface area contributed by atoms with Gasteiger partial charge in [0.05, 0.1) is 12.7 Å². The maximum atomic E-state index is 10.3. The Morgan fingerprint density at radius 1 is 1.55 bits per heavy atom. The van der Waals surface area contributed by atoms with Crippen LogP contribution in [0.4, 0.5) is 0 Å². The van der Waals surface area contributed by atoms with E-state index in [0.717, 1.165) is 0 Å².